The lowest BCUT2D eigenvalue weighted by Gasteiger charge is -1.90. The highest BCUT2D eigenvalue weighted by Gasteiger charge is 1.90. The Kier molecular flexibility index (Phi) is 4.97. The van der Waals surface area contributed by atoms with Crippen molar-refractivity contribution in [2.24, 2.45) is 0 Å². The third-order valence-electron chi connectivity index (χ3n) is 0.736. The summed E-state index contributed by atoms with van der Waals surface area (Å²) < 4.78 is 10.7. The topological polar surface area (TPSA) is 17.1 Å². The van der Waals surface area contributed by atoms with Crippen molar-refractivity contribution in [1.82, 2.24) is 0 Å². The quantitative estimate of drug-likeness (QED) is 0.527. The van der Waals surface area contributed by atoms with E-state index in [-0.39, 0.29) is 0 Å². The second-order valence-electron chi connectivity index (χ2n) is 1.60. The van der Waals surface area contributed by atoms with Crippen LogP contribution in [0, 0.1) is 0 Å². The van der Waals surface area contributed by atoms with E-state index in [0.717, 1.165) is 12.2 Å². The highest BCUT2D eigenvalue weighted by molar-refractivity contribution is 7.85. The van der Waals surface area contributed by atoms with E-state index in [0.29, 0.717) is 5.75 Å². The molecule has 8 heavy (non-hydrogen) atoms. The van der Waals surface area contributed by atoms with Gasteiger partial charge in [0.05, 0.1) is 0 Å². The maximum absolute atomic E-state index is 10.7. The Balaban J connectivity index is 3.18. The van der Waals surface area contributed by atoms with Crippen LogP contribution < -0.4 is 0 Å². The molecule has 0 aromatic rings. The minimum absolute atomic E-state index is 0.638. The van der Waals surface area contributed by atoms with E-state index < -0.39 is 10.8 Å². The van der Waals surface area contributed by atoms with Gasteiger partial charge in [0.25, 0.3) is 0 Å². The van der Waals surface area contributed by atoms with Crippen LogP contribution in [0.5, 0.6) is 0 Å². The molecule has 0 aliphatic heterocycles. The van der Waals surface area contributed by atoms with Gasteiger partial charge in [-0.25, -0.2) is 0 Å². The molecular formula is C6H12OS. The summed E-state index contributed by atoms with van der Waals surface area (Å²) in [6.45, 7) is 5.52. The van der Waals surface area contributed by atoms with Crippen molar-refractivity contribution in [3.05, 3.63) is 12.7 Å². The van der Waals surface area contributed by atoms with E-state index in [1.54, 1.807) is 6.08 Å². The summed E-state index contributed by atoms with van der Waals surface area (Å²) in [5.74, 6) is 1.46. The van der Waals surface area contributed by atoms with Crippen molar-refractivity contribution in [1.29, 1.82) is 0 Å². The van der Waals surface area contributed by atoms with Crippen LogP contribution in [0.2, 0.25) is 0 Å². The van der Waals surface area contributed by atoms with Crippen molar-refractivity contribution < 1.29 is 4.21 Å². The van der Waals surface area contributed by atoms with Gasteiger partial charge in [-0.3, -0.25) is 4.21 Å². The molecule has 0 heterocycles. The maximum Gasteiger partial charge on any atom is 0.0412 e. The van der Waals surface area contributed by atoms with Crippen molar-refractivity contribution in [2.75, 3.05) is 11.5 Å². The Morgan fingerprint density at radius 2 is 2.38 bits per heavy atom. The number of hydrogen-bond donors (Lipinski definition) is 0. The van der Waals surface area contributed by atoms with Crippen LogP contribution in [0.4, 0.5) is 0 Å². The second-order valence-corrected chi connectivity index (χ2v) is 3.22. The summed E-state index contributed by atoms with van der Waals surface area (Å²) >= 11 is 0. The largest absolute Gasteiger partial charge is 0.259 e. The molecule has 1 unspecified atom stereocenters. The molecule has 0 amide bonds. The zero-order valence-corrected chi connectivity index (χ0v) is 6.04. The van der Waals surface area contributed by atoms with Gasteiger partial charge in [0.15, 0.2) is 0 Å². The maximum atomic E-state index is 10.7. The Morgan fingerprint density at radius 1 is 1.75 bits per heavy atom. The summed E-state index contributed by atoms with van der Waals surface area (Å²) in [6, 6.07) is 0. The summed E-state index contributed by atoms with van der Waals surface area (Å²) in [7, 11) is -0.638. The lowest BCUT2D eigenvalue weighted by Crippen LogP contribution is -1.97. The predicted molar refractivity (Wildman–Crippen MR) is 38.4 cm³/mol. The standard InChI is InChI=1S/C6H12OS/c1-3-5-8(7)6-4-2/h3H,1,4-6H2,2H3. The Bertz CT molecular complexity index is 88.5. The third kappa shape index (κ3) is 4.06. The molecule has 0 aromatic heterocycles. The first-order valence-corrected chi connectivity index (χ1v) is 4.26. The van der Waals surface area contributed by atoms with E-state index in [1.807, 2.05) is 6.92 Å². The third-order valence-corrected chi connectivity index (χ3v) is 2.21. The fraction of sp³-hybridized carbons (Fsp3) is 0.667. The van der Waals surface area contributed by atoms with Gasteiger partial charge >= 0.3 is 0 Å². The summed E-state index contributed by atoms with van der Waals surface area (Å²) in [6.07, 6.45) is 2.70. The average Bonchev–Trinajstić information content (AvgIpc) is 1.68. The van der Waals surface area contributed by atoms with Crippen LogP contribution in [0.1, 0.15) is 13.3 Å². The summed E-state index contributed by atoms with van der Waals surface area (Å²) in [5, 5.41) is 0. The first kappa shape index (κ1) is 7.89. The van der Waals surface area contributed by atoms with Crippen LogP contribution in [0.25, 0.3) is 0 Å². The molecule has 1 atom stereocenters. The molecule has 0 radical (unpaired) electrons. The Labute approximate surface area is 53.2 Å². The van der Waals surface area contributed by atoms with Gasteiger partial charge in [-0.1, -0.05) is 13.0 Å². The van der Waals surface area contributed by atoms with E-state index in [4.69, 9.17) is 0 Å². The van der Waals surface area contributed by atoms with E-state index in [9.17, 15) is 4.21 Å². The Morgan fingerprint density at radius 3 is 2.75 bits per heavy atom. The van der Waals surface area contributed by atoms with Crippen molar-refractivity contribution in [3.8, 4) is 0 Å². The van der Waals surface area contributed by atoms with Crippen LogP contribution >= 0.6 is 0 Å². The monoisotopic (exact) mass is 132 g/mol. The molecule has 0 aromatic carbocycles. The molecule has 1 nitrogen and oxygen atoms in total. The van der Waals surface area contributed by atoms with Gasteiger partial charge in [-0.15, -0.1) is 6.58 Å². The van der Waals surface area contributed by atoms with Gasteiger partial charge in [-0.05, 0) is 6.42 Å². The Hall–Kier alpha value is -0.110. The van der Waals surface area contributed by atoms with Crippen molar-refractivity contribution in [3.63, 3.8) is 0 Å². The normalized spacial score (nSPS) is 13.1. The van der Waals surface area contributed by atoms with Gasteiger partial charge in [-0.2, -0.15) is 0 Å². The van der Waals surface area contributed by atoms with Crippen LogP contribution in [0.15, 0.2) is 12.7 Å². The smallest absolute Gasteiger partial charge is 0.0412 e. The van der Waals surface area contributed by atoms with Gasteiger partial charge in [0, 0.05) is 22.3 Å². The lowest BCUT2D eigenvalue weighted by atomic mass is 10.6. The molecule has 0 saturated heterocycles. The molecule has 0 N–H and O–H groups in total. The first-order chi connectivity index (χ1) is 3.81. The molecule has 0 spiro atoms. The predicted octanol–water partition coefficient (Wildman–Crippen LogP) is 1.33. The number of hydrogen-bond acceptors (Lipinski definition) is 1. The molecule has 0 rings (SSSR count). The molecule has 2 heteroatoms. The van der Waals surface area contributed by atoms with Crippen molar-refractivity contribution >= 4 is 10.8 Å². The van der Waals surface area contributed by atoms with E-state index in [2.05, 4.69) is 6.58 Å². The highest BCUT2D eigenvalue weighted by atomic mass is 32.2. The lowest BCUT2D eigenvalue weighted by molar-refractivity contribution is 0.684. The zero-order chi connectivity index (χ0) is 6.41. The van der Waals surface area contributed by atoms with Crippen molar-refractivity contribution in [2.45, 2.75) is 13.3 Å². The molecule has 0 aliphatic carbocycles. The molecule has 0 aliphatic rings. The van der Waals surface area contributed by atoms with Gasteiger partial charge in [0.1, 0.15) is 0 Å². The fourth-order valence-corrected chi connectivity index (χ4v) is 1.33. The van der Waals surface area contributed by atoms with Crippen LogP contribution in [-0.4, -0.2) is 15.7 Å². The van der Waals surface area contributed by atoms with E-state index in [1.165, 1.54) is 0 Å². The minimum atomic E-state index is -0.638. The van der Waals surface area contributed by atoms with E-state index >= 15 is 0 Å². The molecular weight excluding hydrogens is 120 g/mol. The average molecular weight is 132 g/mol. The SMILES string of the molecule is C=CCS(=O)CCC. The summed E-state index contributed by atoms with van der Waals surface area (Å²) in [5.41, 5.74) is 0. The highest BCUT2D eigenvalue weighted by Crippen LogP contribution is 1.85. The fourth-order valence-electron chi connectivity index (χ4n) is 0.442. The second kappa shape index (κ2) is 5.04. The molecule has 48 valence electrons. The van der Waals surface area contributed by atoms with Crippen LogP contribution in [-0.2, 0) is 10.8 Å². The minimum Gasteiger partial charge on any atom is -0.259 e. The number of rotatable bonds is 4. The molecule has 0 bridgehead atoms. The summed E-state index contributed by atoms with van der Waals surface area (Å²) in [4.78, 5) is 0. The molecule has 0 fully saturated rings. The zero-order valence-electron chi connectivity index (χ0n) is 5.22. The van der Waals surface area contributed by atoms with Gasteiger partial charge in [0.2, 0.25) is 0 Å². The van der Waals surface area contributed by atoms with Gasteiger partial charge < -0.3 is 0 Å². The first-order valence-electron chi connectivity index (χ1n) is 2.77. The molecule has 0 saturated carbocycles. The van der Waals surface area contributed by atoms with Crippen LogP contribution in [0.3, 0.4) is 0 Å².